The number of hydrogen-bond donors (Lipinski definition) is 0. The zero-order chi connectivity index (χ0) is 13.0. The Morgan fingerprint density at radius 2 is 1.94 bits per heavy atom. The summed E-state index contributed by atoms with van der Waals surface area (Å²) >= 11 is 0. The first-order valence-electron chi connectivity index (χ1n) is 7.16. The van der Waals surface area contributed by atoms with Gasteiger partial charge in [0, 0.05) is 12.3 Å². The molecule has 1 aromatic rings. The fraction of sp³-hybridized carbons (Fsp3) is 0.588. The van der Waals surface area contributed by atoms with Crippen LogP contribution in [-0.4, -0.2) is 5.78 Å². The first-order chi connectivity index (χ1) is 8.59. The largest absolute Gasteiger partial charge is 0.299 e. The van der Waals surface area contributed by atoms with Crippen molar-refractivity contribution in [3.8, 4) is 0 Å². The maximum absolute atomic E-state index is 12.4. The zero-order valence-electron chi connectivity index (χ0n) is 11.6. The molecule has 1 nitrogen and oxygen atoms in total. The number of ketones is 1. The normalized spacial score (nSPS) is 22.7. The quantitative estimate of drug-likeness (QED) is 0.767. The summed E-state index contributed by atoms with van der Waals surface area (Å²) in [5.74, 6) is 0.763. The first kappa shape index (κ1) is 13.3. The molecule has 1 atom stereocenters. The molecule has 18 heavy (non-hydrogen) atoms. The van der Waals surface area contributed by atoms with Crippen molar-refractivity contribution in [2.45, 2.75) is 52.4 Å². The average Bonchev–Trinajstić information content (AvgIpc) is 2.37. The number of carbonyl (C=O) groups is 1. The minimum Gasteiger partial charge on any atom is -0.299 e. The summed E-state index contributed by atoms with van der Waals surface area (Å²) in [6.45, 7) is 4.52. The Hall–Kier alpha value is -1.11. The lowest BCUT2D eigenvalue weighted by Crippen LogP contribution is -2.34. The molecule has 0 radical (unpaired) electrons. The van der Waals surface area contributed by atoms with E-state index in [-0.39, 0.29) is 11.3 Å². The third-order valence-corrected chi connectivity index (χ3v) is 4.40. The molecule has 1 fully saturated rings. The Morgan fingerprint density at radius 1 is 1.22 bits per heavy atom. The van der Waals surface area contributed by atoms with Crippen LogP contribution in [0.2, 0.25) is 0 Å². The highest BCUT2D eigenvalue weighted by Crippen LogP contribution is 2.41. The van der Waals surface area contributed by atoms with Crippen LogP contribution in [0.25, 0.3) is 0 Å². The van der Waals surface area contributed by atoms with E-state index in [0.717, 1.165) is 12.8 Å². The molecule has 2 rings (SSSR count). The van der Waals surface area contributed by atoms with Gasteiger partial charge in [-0.2, -0.15) is 0 Å². The van der Waals surface area contributed by atoms with Gasteiger partial charge in [0.05, 0.1) is 0 Å². The van der Waals surface area contributed by atoms with Crippen LogP contribution < -0.4 is 0 Å². The van der Waals surface area contributed by atoms with Crippen LogP contribution in [0.3, 0.4) is 0 Å². The van der Waals surface area contributed by atoms with Gasteiger partial charge in [0.25, 0.3) is 0 Å². The first-order valence-corrected chi connectivity index (χ1v) is 7.16. The molecule has 0 heterocycles. The SMILES string of the molecule is CC1(C)CCCCC1C(=O)CCc1ccccc1. The Bertz CT molecular complexity index is 391. The summed E-state index contributed by atoms with van der Waals surface area (Å²) in [6.07, 6.45) is 6.42. The lowest BCUT2D eigenvalue weighted by Gasteiger charge is -2.37. The highest BCUT2D eigenvalue weighted by Gasteiger charge is 2.36. The Kier molecular flexibility index (Phi) is 4.21. The van der Waals surface area contributed by atoms with Crippen LogP contribution in [0.15, 0.2) is 30.3 Å². The van der Waals surface area contributed by atoms with E-state index in [2.05, 4.69) is 26.0 Å². The predicted octanol–water partition coefficient (Wildman–Crippen LogP) is 4.40. The summed E-state index contributed by atoms with van der Waals surface area (Å²) in [7, 11) is 0. The highest BCUT2D eigenvalue weighted by atomic mass is 16.1. The molecule has 0 bridgehead atoms. The van der Waals surface area contributed by atoms with E-state index < -0.39 is 0 Å². The topological polar surface area (TPSA) is 17.1 Å². The predicted molar refractivity (Wildman–Crippen MR) is 75.5 cm³/mol. The summed E-state index contributed by atoms with van der Waals surface area (Å²) in [4.78, 5) is 12.4. The number of Topliss-reactive ketones (excluding diaryl/α,β-unsaturated/α-hetero) is 1. The molecule has 0 aromatic heterocycles. The van der Waals surface area contributed by atoms with E-state index in [1.807, 2.05) is 18.2 Å². The van der Waals surface area contributed by atoms with Crippen LogP contribution in [0.1, 0.15) is 51.5 Å². The lowest BCUT2D eigenvalue weighted by molar-refractivity contribution is -0.127. The van der Waals surface area contributed by atoms with Crippen LogP contribution in [0, 0.1) is 11.3 Å². The zero-order valence-corrected chi connectivity index (χ0v) is 11.6. The van der Waals surface area contributed by atoms with Crippen molar-refractivity contribution in [2.24, 2.45) is 11.3 Å². The monoisotopic (exact) mass is 244 g/mol. The maximum atomic E-state index is 12.4. The van der Waals surface area contributed by atoms with Crippen molar-refractivity contribution < 1.29 is 4.79 Å². The number of carbonyl (C=O) groups excluding carboxylic acids is 1. The molecule has 0 aliphatic heterocycles. The van der Waals surface area contributed by atoms with Gasteiger partial charge < -0.3 is 0 Å². The molecule has 1 aliphatic carbocycles. The standard InChI is InChI=1S/C17H24O/c1-17(2)13-7-6-10-15(17)16(18)12-11-14-8-4-3-5-9-14/h3-5,8-9,15H,6-7,10-13H2,1-2H3. The minimum atomic E-state index is 0.214. The molecule has 0 saturated heterocycles. The molecule has 1 saturated carbocycles. The second kappa shape index (κ2) is 5.69. The number of rotatable bonds is 4. The Labute approximate surface area is 111 Å². The van der Waals surface area contributed by atoms with Gasteiger partial charge in [-0.3, -0.25) is 4.79 Å². The molecule has 0 N–H and O–H groups in total. The van der Waals surface area contributed by atoms with Gasteiger partial charge in [-0.15, -0.1) is 0 Å². The van der Waals surface area contributed by atoms with E-state index in [4.69, 9.17) is 0 Å². The maximum Gasteiger partial charge on any atom is 0.136 e. The average molecular weight is 244 g/mol. The minimum absolute atomic E-state index is 0.214. The van der Waals surface area contributed by atoms with Crippen molar-refractivity contribution in [3.63, 3.8) is 0 Å². The van der Waals surface area contributed by atoms with Gasteiger partial charge >= 0.3 is 0 Å². The summed E-state index contributed by atoms with van der Waals surface area (Å²) in [6, 6.07) is 10.3. The Balaban J connectivity index is 1.91. The lowest BCUT2D eigenvalue weighted by atomic mass is 9.66. The number of benzene rings is 1. The fourth-order valence-corrected chi connectivity index (χ4v) is 3.18. The van der Waals surface area contributed by atoms with Crippen LogP contribution in [0.4, 0.5) is 0 Å². The highest BCUT2D eigenvalue weighted by molar-refractivity contribution is 5.82. The smallest absolute Gasteiger partial charge is 0.136 e. The van der Waals surface area contributed by atoms with E-state index in [9.17, 15) is 4.79 Å². The molecular formula is C17H24O. The van der Waals surface area contributed by atoms with Gasteiger partial charge in [0.2, 0.25) is 0 Å². The van der Waals surface area contributed by atoms with Crippen molar-refractivity contribution in [3.05, 3.63) is 35.9 Å². The second-order valence-electron chi connectivity index (χ2n) is 6.24. The van der Waals surface area contributed by atoms with Crippen LogP contribution in [-0.2, 0) is 11.2 Å². The fourth-order valence-electron chi connectivity index (χ4n) is 3.18. The second-order valence-corrected chi connectivity index (χ2v) is 6.24. The van der Waals surface area contributed by atoms with Gasteiger partial charge in [-0.05, 0) is 30.2 Å². The molecule has 1 heteroatoms. The third kappa shape index (κ3) is 3.22. The molecule has 0 spiro atoms. The van der Waals surface area contributed by atoms with Gasteiger partial charge in [-0.25, -0.2) is 0 Å². The van der Waals surface area contributed by atoms with Gasteiger partial charge in [0.15, 0.2) is 0 Å². The number of aryl methyl sites for hydroxylation is 1. The summed E-state index contributed by atoms with van der Waals surface area (Å²) in [5, 5.41) is 0. The molecule has 1 aliphatic rings. The van der Waals surface area contributed by atoms with E-state index in [0.29, 0.717) is 12.2 Å². The molecule has 98 valence electrons. The molecule has 1 unspecified atom stereocenters. The molecule has 0 amide bonds. The van der Waals surface area contributed by atoms with Crippen LogP contribution >= 0.6 is 0 Å². The van der Waals surface area contributed by atoms with Crippen LogP contribution in [0.5, 0.6) is 0 Å². The molecule has 1 aromatic carbocycles. The summed E-state index contributed by atoms with van der Waals surface area (Å²) < 4.78 is 0. The van der Waals surface area contributed by atoms with Crippen molar-refractivity contribution in [1.82, 2.24) is 0 Å². The van der Waals surface area contributed by atoms with E-state index in [1.165, 1.54) is 24.8 Å². The van der Waals surface area contributed by atoms with Crippen molar-refractivity contribution >= 4 is 5.78 Å². The third-order valence-electron chi connectivity index (χ3n) is 4.40. The Morgan fingerprint density at radius 3 is 2.61 bits per heavy atom. The van der Waals surface area contributed by atoms with Crippen molar-refractivity contribution in [1.29, 1.82) is 0 Å². The van der Waals surface area contributed by atoms with Gasteiger partial charge in [0.1, 0.15) is 5.78 Å². The summed E-state index contributed by atoms with van der Waals surface area (Å²) in [5.41, 5.74) is 1.49. The molecular weight excluding hydrogens is 220 g/mol. The van der Waals surface area contributed by atoms with Gasteiger partial charge in [-0.1, -0.05) is 57.0 Å². The van der Waals surface area contributed by atoms with E-state index >= 15 is 0 Å². The number of hydrogen-bond acceptors (Lipinski definition) is 1. The van der Waals surface area contributed by atoms with Crippen molar-refractivity contribution in [2.75, 3.05) is 0 Å². The van der Waals surface area contributed by atoms with E-state index in [1.54, 1.807) is 0 Å².